The van der Waals surface area contributed by atoms with Gasteiger partial charge in [0.15, 0.2) is 5.95 Å². The summed E-state index contributed by atoms with van der Waals surface area (Å²) in [6, 6.07) is 8.09. The van der Waals surface area contributed by atoms with E-state index in [0.717, 1.165) is 23.6 Å². The van der Waals surface area contributed by atoms with Crippen molar-refractivity contribution in [3.8, 4) is 5.75 Å². The van der Waals surface area contributed by atoms with Crippen LogP contribution in [-0.4, -0.2) is 16.1 Å². The number of aromatic nitrogens is 2. The number of aromatic amines is 1. The standard InChI is InChI=1S/C14H19N3O/c1-9(2)18-12-6-4-11(5-7-12)8-13-10(3)16-14(15)17-13/h4-7,9H,8H2,1-3H3,(H3,15,16,17). The molecule has 0 radical (unpaired) electrons. The number of hydrogen-bond acceptors (Lipinski definition) is 3. The Bertz CT molecular complexity index is 514. The van der Waals surface area contributed by atoms with Crippen LogP contribution in [0.25, 0.3) is 0 Å². The van der Waals surface area contributed by atoms with Crippen LogP contribution in [0.3, 0.4) is 0 Å². The molecule has 0 fully saturated rings. The van der Waals surface area contributed by atoms with Crippen molar-refractivity contribution in [3.63, 3.8) is 0 Å². The number of nitrogen functional groups attached to an aromatic ring is 1. The van der Waals surface area contributed by atoms with Crippen molar-refractivity contribution in [2.75, 3.05) is 5.73 Å². The molecule has 0 aliphatic carbocycles. The summed E-state index contributed by atoms with van der Waals surface area (Å²) < 4.78 is 5.61. The minimum atomic E-state index is 0.198. The molecule has 0 bridgehead atoms. The molecule has 1 aromatic heterocycles. The van der Waals surface area contributed by atoms with Gasteiger partial charge in [0.05, 0.1) is 11.8 Å². The second kappa shape index (κ2) is 5.12. The first-order valence-electron chi connectivity index (χ1n) is 6.11. The molecule has 3 N–H and O–H groups in total. The average molecular weight is 245 g/mol. The van der Waals surface area contributed by atoms with Crippen molar-refractivity contribution in [3.05, 3.63) is 41.2 Å². The Morgan fingerprint density at radius 3 is 2.44 bits per heavy atom. The first-order chi connectivity index (χ1) is 8.54. The number of ether oxygens (including phenoxy) is 1. The summed E-state index contributed by atoms with van der Waals surface area (Å²) in [5.41, 5.74) is 8.83. The van der Waals surface area contributed by atoms with E-state index in [1.807, 2.05) is 32.9 Å². The number of anilines is 1. The zero-order valence-electron chi connectivity index (χ0n) is 11.0. The number of rotatable bonds is 4. The maximum atomic E-state index is 5.63. The van der Waals surface area contributed by atoms with Crippen molar-refractivity contribution in [1.82, 2.24) is 9.97 Å². The fourth-order valence-corrected chi connectivity index (χ4v) is 1.84. The average Bonchev–Trinajstić information content (AvgIpc) is 2.59. The molecule has 18 heavy (non-hydrogen) atoms. The van der Waals surface area contributed by atoms with E-state index >= 15 is 0 Å². The number of H-pyrrole nitrogens is 1. The first kappa shape index (κ1) is 12.5. The molecular weight excluding hydrogens is 226 g/mol. The molecule has 0 amide bonds. The molecule has 0 unspecified atom stereocenters. The summed E-state index contributed by atoms with van der Waals surface area (Å²) >= 11 is 0. The zero-order valence-corrected chi connectivity index (χ0v) is 11.0. The number of nitrogens with two attached hydrogens (primary N) is 1. The third-order valence-corrected chi connectivity index (χ3v) is 2.67. The van der Waals surface area contributed by atoms with Gasteiger partial charge in [-0.3, -0.25) is 0 Å². The number of benzene rings is 1. The lowest BCUT2D eigenvalue weighted by Crippen LogP contribution is -2.05. The molecule has 1 aromatic carbocycles. The molecule has 0 atom stereocenters. The summed E-state index contributed by atoms with van der Waals surface area (Å²) in [6.45, 7) is 6.02. The lowest BCUT2D eigenvalue weighted by Gasteiger charge is -2.09. The van der Waals surface area contributed by atoms with Crippen molar-refractivity contribution in [2.24, 2.45) is 0 Å². The predicted molar refractivity (Wildman–Crippen MR) is 72.7 cm³/mol. The molecule has 0 spiro atoms. The number of hydrogen-bond donors (Lipinski definition) is 2. The Morgan fingerprint density at radius 2 is 1.94 bits per heavy atom. The molecule has 2 rings (SSSR count). The van der Waals surface area contributed by atoms with E-state index in [-0.39, 0.29) is 6.10 Å². The maximum absolute atomic E-state index is 5.63. The molecule has 2 aromatic rings. The van der Waals surface area contributed by atoms with Crippen molar-refractivity contribution in [1.29, 1.82) is 0 Å². The summed E-state index contributed by atoms with van der Waals surface area (Å²) in [6.07, 6.45) is 0.978. The Labute approximate surface area is 107 Å². The van der Waals surface area contributed by atoms with E-state index in [1.54, 1.807) is 0 Å². The van der Waals surface area contributed by atoms with Crippen molar-refractivity contribution >= 4 is 5.95 Å². The molecule has 4 heteroatoms. The molecule has 96 valence electrons. The smallest absolute Gasteiger partial charge is 0.197 e. The van der Waals surface area contributed by atoms with Gasteiger partial charge in [-0.2, -0.15) is 0 Å². The second-order valence-electron chi connectivity index (χ2n) is 4.68. The highest BCUT2D eigenvalue weighted by Gasteiger charge is 2.06. The van der Waals surface area contributed by atoms with Gasteiger partial charge in [-0.15, -0.1) is 0 Å². The lowest BCUT2D eigenvalue weighted by atomic mass is 10.1. The van der Waals surface area contributed by atoms with Crippen LogP contribution >= 0.6 is 0 Å². The summed E-state index contributed by atoms with van der Waals surface area (Å²) in [5.74, 6) is 1.37. The maximum Gasteiger partial charge on any atom is 0.197 e. The van der Waals surface area contributed by atoms with Gasteiger partial charge in [0, 0.05) is 12.1 Å². The van der Waals surface area contributed by atoms with Gasteiger partial charge in [-0.05, 0) is 38.5 Å². The number of imidazole rings is 1. The number of nitrogens with one attached hydrogen (secondary N) is 1. The van der Waals surface area contributed by atoms with Gasteiger partial charge < -0.3 is 15.5 Å². The highest BCUT2D eigenvalue weighted by molar-refractivity contribution is 5.33. The quantitative estimate of drug-likeness (QED) is 0.870. The van der Waals surface area contributed by atoms with Gasteiger partial charge in [0.25, 0.3) is 0 Å². The predicted octanol–water partition coefficient (Wildman–Crippen LogP) is 2.68. The van der Waals surface area contributed by atoms with Crippen LogP contribution in [0.2, 0.25) is 0 Å². The summed E-state index contributed by atoms with van der Waals surface area (Å²) in [4.78, 5) is 7.27. The third kappa shape index (κ3) is 3.03. The second-order valence-corrected chi connectivity index (χ2v) is 4.68. The van der Waals surface area contributed by atoms with Crippen LogP contribution in [0, 0.1) is 6.92 Å². The largest absolute Gasteiger partial charge is 0.491 e. The molecule has 0 saturated heterocycles. The first-order valence-corrected chi connectivity index (χ1v) is 6.11. The van der Waals surface area contributed by atoms with E-state index in [0.29, 0.717) is 5.95 Å². The van der Waals surface area contributed by atoms with Crippen LogP contribution in [-0.2, 0) is 6.42 Å². The SMILES string of the molecule is Cc1[nH]c(N)nc1Cc1ccc(OC(C)C)cc1. The van der Waals surface area contributed by atoms with E-state index in [2.05, 4.69) is 22.1 Å². The van der Waals surface area contributed by atoms with Gasteiger partial charge in [-0.25, -0.2) is 4.98 Å². The van der Waals surface area contributed by atoms with E-state index < -0.39 is 0 Å². The Morgan fingerprint density at radius 1 is 1.28 bits per heavy atom. The fourth-order valence-electron chi connectivity index (χ4n) is 1.84. The van der Waals surface area contributed by atoms with Gasteiger partial charge in [-0.1, -0.05) is 12.1 Å². The minimum absolute atomic E-state index is 0.198. The third-order valence-electron chi connectivity index (χ3n) is 2.67. The normalized spacial score (nSPS) is 10.9. The highest BCUT2D eigenvalue weighted by atomic mass is 16.5. The Hall–Kier alpha value is -1.97. The Kier molecular flexibility index (Phi) is 3.55. The van der Waals surface area contributed by atoms with Crippen molar-refractivity contribution < 1.29 is 4.74 Å². The van der Waals surface area contributed by atoms with Crippen LogP contribution in [0.1, 0.15) is 30.8 Å². The molecular formula is C14H19N3O. The fraction of sp³-hybridized carbons (Fsp3) is 0.357. The molecule has 1 heterocycles. The van der Waals surface area contributed by atoms with E-state index in [9.17, 15) is 0 Å². The zero-order chi connectivity index (χ0) is 13.1. The molecule has 4 nitrogen and oxygen atoms in total. The van der Waals surface area contributed by atoms with Crippen LogP contribution < -0.4 is 10.5 Å². The van der Waals surface area contributed by atoms with Gasteiger partial charge >= 0.3 is 0 Å². The Balaban J connectivity index is 2.08. The van der Waals surface area contributed by atoms with E-state index in [4.69, 9.17) is 10.5 Å². The lowest BCUT2D eigenvalue weighted by molar-refractivity contribution is 0.242. The number of aryl methyl sites for hydroxylation is 1. The topological polar surface area (TPSA) is 63.9 Å². The highest BCUT2D eigenvalue weighted by Crippen LogP contribution is 2.17. The van der Waals surface area contributed by atoms with Crippen LogP contribution in [0.5, 0.6) is 5.75 Å². The number of nitrogens with zero attached hydrogens (tertiary/aromatic N) is 1. The monoisotopic (exact) mass is 245 g/mol. The van der Waals surface area contributed by atoms with Crippen LogP contribution in [0.15, 0.2) is 24.3 Å². The van der Waals surface area contributed by atoms with Gasteiger partial charge in [0.1, 0.15) is 5.75 Å². The summed E-state index contributed by atoms with van der Waals surface area (Å²) in [5, 5.41) is 0. The molecule has 0 saturated carbocycles. The molecule has 0 aliphatic rings. The summed E-state index contributed by atoms with van der Waals surface area (Å²) in [7, 11) is 0. The van der Waals surface area contributed by atoms with Crippen molar-refractivity contribution in [2.45, 2.75) is 33.3 Å². The van der Waals surface area contributed by atoms with E-state index in [1.165, 1.54) is 5.56 Å². The van der Waals surface area contributed by atoms with Gasteiger partial charge in [0.2, 0.25) is 0 Å². The van der Waals surface area contributed by atoms with Crippen LogP contribution in [0.4, 0.5) is 5.95 Å². The molecule has 0 aliphatic heterocycles. The minimum Gasteiger partial charge on any atom is -0.491 e.